The van der Waals surface area contributed by atoms with Gasteiger partial charge in [-0.3, -0.25) is 4.98 Å². The summed E-state index contributed by atoms with van der Waals surface area (Å²) in [5.74, 6) is 1.49. The summed E-state index contributed by atoms with van der Waals surface area (Å²) in [6, 6.07) is 9.15. The number of benzene rings is 2. The van der Waals surface area contributed by atoms with Crippen LogP contribution in [0.1, 0.15) is 28.5 Å². The van der Waals surface area contributed by atoms with E-state index in [9.17, 15) is 4.79 Å². The standard InChI is InChI=1S/C22H21NO6/c1-22(14-6-7-15(25-2)19(28-5)18(14)21(24)29-22)20-13-11-17(27-4)16(26-3)10-12(13)8-9-23-20/h6-11H,1-5H3. The Morgan fingerprint density at radius 2 is 1.59 bits per heavy atom. The number of carbonyl (C=O) groups excluding carboxylic acids is 1. The first kappa shape index (κ1) is 18.9. The van der Waals surface area contributed by atoms with Crippen LogP contribution in [0.25, 0.3) is 10.8 Å². The molecule has 0 aliphatic carbocycles. The lowest BCUT2D eigenvalue weighted by Crippen LogP contribution is -2.25. The molecule has 4 rings (SSSR count). The number of pyridine rings is 1. The van der Waals surface area contributed by atoms with Gasteiger partial charge in [0.15, 0.2) is 28.6 Å². The molecule has 7 nitrogen and oxygen atoms in total. The zero-order chi connectivity index (χ0) is 20.8. The van der Waals surface area contributed by atoms with E-state index in [1.165, 1.54) is 14.2 Å². The molecular formula is C22H21NO6. The van der Waals surface area contributed by atoms with E-state index in [0.717, 1.165) is 10.8 Å². The fourth-order valence-corrected chi connectivity index (χ4v) is 3.87. The Kier molecular flexibility index (Phi) is 4.45. The molecule has 0 saturated carbocycles. The molecule has 1 atom stereocenters. The topological polar surface area (TPSA) is 76.1 Å². The second kappa shape index (κ2) is 6.84. The largest absolute Gasteiger partial charge is 0.493 e. The van der Waals surface area contributed by atoms with Crippen molar-refractivity contribution >= 4 is 16.7 Å². The number of hydrogen-bond donors (Lipinski definition) is 0. The molecule has 2 aromatic carbocycles. The van der Waals surface area contributed by atoms with Gasteiger partial charge in [-0.05, 0) is 42.6 Å². The average Bonchev–Trinajstić information content (AvgIpc) is 3.02. The van der Waals surface area contributed by atoms with Crippen molar-refractivity contribution in [2.75, 3.05) is 28.4 Å². The van der Waals surface area contributed by atoms with Gasteiger partial charge < -0.3 is 23.7 Å². The number of fused-ring (bicyclic) bond motifs is 2. The average molecular weight is 395 g/mol. The Labute approximate surface area is 168 Å². The second-order valence-corrected chi connectivity index (χ2v) is 6.73. The number of hydrogen-bond acceptors (Lipinski definition) is 7. The zero-order valence-corrected chi connectivity index (χ0v) is 16.9. The molecule has 29 heavy (non-hydrogen) atoms. The Hall–Kier alpha value is -3.48. The molecule has 0 N–H and O–H groups in total. The summed E-state index contributed by atoms with van der Waals surface area (Å²) in [6.45, 7) is 1.82. The smallest absolute Gasteiger partial charge is 0.343 e. The number of methoxy groups -OCH3 is 4. The summed E-state index contributed by atoms with van der Waals surface area (Å²) in [5.41, 5.74) is 0.490. The number of nitrogens with zero attached hydrogens (tertiary/aromatic N) is 1. The number of esters is 1. The Balaban J connectivity index is 2.00. The first-order valence-corrected chi connectivity index (χ1v) is 8.98. The summed E-state index contributed by atoms with van der Waals surface area (Å²) in [4.78, 5) is 17.4. The summed E-state index contributed by atoms with van der Waals surface area (Å²) in [6.07, 6.45) is 1.68. The normalized spacial score (nSPS) is 17.6. The summed E-state index contributed by atoms with van der Waals surface area (Å²) in [7, 11) is 6.18. The first-order valence-electron chi connectivity index (χ1n) is 8.98. The molecule has 0 fully saturated rings. The molecule has 0 spiro atoms. The molecule has 1 aliphatic heterocycles. The molecule has 0 saturated heterocycles. The SMILES string of the molecule is COc1cc2ccnc(C3(C)OC(=O)c4c3ccc(OC)c4OC)c2cc1OC. The number of ether oxygens (including phenoxy) is 5. The van der Waals surface area contributed by atoms with Gasteiger partial charge in [0.05, 0.1) is 34.1 Å². The molecule has 150 valence electrons. The van der Waals surface area contributed by atoms with Crippen molar-refractivity contribution in [2.24, 2.45) is 0 Å². The molecule has 2 heterocycles. The van der Waals surface area contributed by atoms with Crippen molar-refractivity contribution in [2.45, 2.75) is 12.5 Å². The van der Waals surface area contributed by atoms with Crippen LogP contribution >= 0.6 is 0 Å². The number of aromatic nitrogens is 1. The van der Waals surface area contributed by atoms with E-state index in [4.69, 9.17) is 23.7 Å². The molecule has 0 radical (unpaired) electrons. The van der Waals surface area contributed by atoms with Crippen molar-refractivity contribution in [3.05, 3.63) is 53.3 Å². The lowest BCUT2D eigenvalue weighted by Gasteiger charge is -2.25. The molecule has 1 aliphatic rings. The highest BCUT2D eigenvalue weighted by Crippen LogP contribution is 2.49. The minimum absolute atomic E-state index is 0.341. The Morgan fingerprint density at radius 3 is 2.24 bits per heavy atom. The first-order chi connectivity index (χ1) is 14.0. The van der Waals surface area contributed by atoms with Crippen LogP contribution in [0.4, 0.5) is 0 Å². The third-order valence-corrected chi connectivity index (χ3v) is 5.28. The van der Waals surface area contributed by atoms with Crippen LogP contribution in [-0.4, -0.2) is 39.4 Å². The van der Waals surface area contributed by atoms with E-state index in [-0.39, 0.29) is 0 Å². The highest BCUT2D eigenvalue weighted by Gasteiger charge is 2.47. The fourth-order valence-electron chi connectivity index (χ4n) is 3.87. The molecule has 0 bridgehead atoms. The van der Waals surface area contributed by atoms with Gasteiger partial charge in [-0.2, -0.15) is 0 Å². The number of rotatable bonds is 5. The minimum Gasteiger partial charge on any atom is -0.493 e. The fraction of sp³-hybridized carbons (Fsp3) is 0.273. The Bertz CT molecular complexity index is 1130. The van der Waals surface area contributed by atoms with E-state index in [1.807, 2.05) is 31.2 Å². The lowest BCUT2D eigenvalue weighted by atomic mass is 9.87. The van der Waals surface area contributed by atoms with Crippen molar-refractivity contribution in [3.63, 3.8) is 0 Å². The van der Waals surface area contributed by atoms with E-state index in [2.05, 4.69) is 4.98 Å². The monoisotopic (exact) mass is 395 g/mol. The third-order valence-electron chi connectivity index (χ3n) is 5.28. The Morgan fingerprint density at radius 1 is 0.897 bits per heavy atom. The molecule has 7 heteroatoms. The van der Waals surface area contributed by atoms with Crippen molar-refractivity contribution in [3.8, 4) is 23.0 Å². The minimum atomic E-state index is -1.11. The van der Waals surface area contributed by atoms with Gasteiger partial charge in [0.2, 0.25) is 0 Å². The summed E-state index contributed by atoms with van der Waals surface area (Å²) in [5, 5.41) is 1.68. The molecule has 3 aromatic rings. The van der Waals surface area contributed by atoms with Crippen LogP contribution in [0.15, 0.2) is 36.5 Å². The van der Waals surface area contributed by atoms with Crippen molar-refractivity contribution in [1.29, 1.82) is 0 Å². The van der Waals surface area contributed by atoms with Gasteiger partial charge in [0.25, 0.3) is 0 Å². The van der Waals surface area contributed by atoms with Crippen LogP contribution in [0, 0.1) is 0 Å². The molecule has 1 unspecified atom stereocenters. The maximum atomic E-state index is 12.8. The molecular weight excluding hydrogens is 374 g/mol. The maximum absolute atomic E-state index is 12.8. The van der Waals surface area contributed by atoms with Crippen LogP contribution in [0.5, 0.6) is 23.0 Å². The van der Waals surface area contributed by atoms with Crippen LogP contribution in [0.2, 0.25) is 0 Å². The summed E-state index contributed by atoms with van der Waals surface area (Å²) >= 11 is 0. The van der Waals surface area contributed by atoms with Crippen LogP contribution in [0.3, 0.4) is 0 Å². The van der Waals surface area contributed by atoms with Gasteiger partial charge in [0.1, 0.15) is 5.56 Å². The van der Waals surface area contributed by atoms with E-state index in [0.29, 0.717) is 39.8 Å². The predicted octanol–water partition coefficient (Wildman–Crippen LogP) is 3.70. The van der Waals surface area contributed by atoms with E-state index in [1.54, 1.807) is 26.5 Å². The molecule has 1 aromatic heterocycles. The quantitative estimate of drug-likeness (QED) is 0.610. The van der Waals surface area contributed by atoms with Gasteiger partial charge >= 0.3 is 5.97 Å². The van der Waals surface area contributed by atoms with E-state index >= 15 is 0 Å². The summed E-state index contributed by atoms with van der Waals surface area (Å²) < 4.78 is 27.5. The highest BCUT2D eigenvalue weighted by atomic mass is 16.6. The highest BCUT2D eigenvalue weighted by molar-refractivity contribution is 6.00. The van der Waals surface area contributed by atoms with Crippen LogP contribution in [-0.2, 0) is 10.3 Å². The number of carbonyl (C=O) groups is 1. The van der Waals surface area contributed by atoms with E-state index < -0.39 is 11.6 Å². The number of cyclic esters (lactones) is 1. The van der Waals surface area contributed by atoms with Gasteiger partial charge in [-0.1, -0.05) is 0 Å². The van der Waals surface area contributed by atoms with Gasteiger partial charge in [-0.25, -0.2) is 4.79 Å². The molecule has 0 amide bonds. The second-order valence-electron chi connectivity index (χ2n) is 6.73. The van der Waals surface area contributed by atoms with Crippen LogP contribution < -0.4 is 18.9 Å². The van der Waals surface area contributed by atoms with Gasteiger partial charge in [-0.15, -0.1) is 0 Å². The predicted molar refractivity (Wildman–Crippen MR) is 106 cm³/mol. The van der Waals surface area contributed by atoms with Crippen molar-refractivity contribution in [1.82, 2.24) is 4.98 Å². The van der Waals surface area contributed by atoms with Crippen molar-refractivity contribution < 1.29 is 28.5 Å². The maximum Gasteiger partial charge on any atom is 0.343 e. The zero-order valence-electron chi connectivity index (χ0n) is 16.9. The third kappa shape index (κ3) is 2.65. The van der Waals surface area contributed by atoms with Gasteiger partial charge in [0, 0.05) is 17.1 Å². The lowest BCUT2D eigenvalue weighted by molar-refractivity contribution is 0.0170.